The first kappa shape index (κ1) is 16.5. The fraction of sp³-hybridized carbons (Fsp3) is 0.765. The van der Waals surface area contributed by atoms with Gasteiger partial charge >= 0.3 is 0 Å². The van der Waals surface area contributed by atoms with Gasteiger partial charge in [-0.2, -0.15) is 4.98 Å². The Bertz CT molecular complexity index is 519. The summed E-state index contributed by atoms with van der Waals surface area (Å²) < 4.78 is 0. The maximum atomic E-state index is 9.85. The van der Waals surface area contributed by atoms with Crippen LogP contribution >= 0.6 is 0 Å². The van der Waals surface area contributed by atoms with E-state index in [2.05, 4.69) is 19.8 Å². The minimum Gasteiger partial charge on any atom is -0.396 e. The molecule has 2 N–H and O–H groups in total. The summed E-state index contributed by atoms with van der Waals surface area (Å²) >= 11 is 0. The molecule has 0 radical (unpaired) electrons. The van der Waals surface area contributed by atoms with E-state index in [0.717, 1.165) is 44.6 Å². The van der Waals surface area contributed by atoms with Crippen LogP contribution in [0.3, 0.4) is 0 Å². The molecule has 3 rings (SSSR count). The van der Waals surface area contributed by atoms with Crippen molar-refractivity contribution in [2.45, 2.75) is 44.6 Å². The number of hydrogen-bond acceptors (Lipinski definition) is 6. The molecule has 1 saturated carbocycles. The summed E-state index contributed by atoms with van der Waals surface area (Å²) in [6.07, 6.45) is 7.92. The van der Waals surface area contributed by atoms with Crippen LogP contribution in [0.2, 0.25) is 0 Å². The zero-order valence-electron chi connectivity index (χ0n) is 14.0. The summed E-state index contributed by atoms with van der Waals surface area (Å²) in [4.78, 5) is 13.3. The second-order valence-electron chi connectivity index (χ2n) is 7.18. The zero-order chi connectivity index (χ0) is 16.3. The van der Waals surface area contributed by atoms with Crippen molar-refractivity contribution in [1.29, 1.82) is 0 Å². The van der Waals surface area contributed by atoms with Crippen LogP contribution in [0, 0.1) is 5.41 Å². The van der Waals surface area contributed by atoms with Gasteiger partial charge in [-0.3, -0.25) is 0 Å². The van der Waals surface area contributed by atoms with Crippen molar-refractivity contribution in [1.82, 2.24) is 9.97 Å². The lowest BCUT2D eigenvalue weighted by Gasteiger charge is -2.33. The predicted molar refractivity (Wildman–Crippen MR) is 90.7 cm³/mol. The molecule has 2 fully saturated rings. The molecule has 1 aliphatic carbocycles. The highest BCUT2D eigenvalue weighted by molar-refractivity contribution is 5.44. The summed E-state index contributed by atoms with van der Waals surface area (Å²) in [5.41, 5.74) is -0.00453. The predicted octanol–water partition coefficient (Wildman–Crippen LogP) is 1.43. The lowest BCUT2D eigenvalue weighted by Crippen LogP contribution is -2.39. The highest BCUT2D eigenvalue weighted by Crippen LogP contribution is 2.38. The Hall–Kier alpha value is -1.40. The van der Waals surface area contributed by atoms with E-state index in [1.54, 1.807) is 6.20 Å². The highest BCUT2D eigenvalue weighted by atomic mass is 16.3. The first-order chi connectivity index (χ1) is 11.1. The molecule has 6 heteroatoms. The van der Waals surface area contributed by atoms with E-state index in [1.165, 1.54) is 12.8 Å². The van der Waals surface area contributed by atoms with E-state index in [9.17, 15) is 10.2 Å². The standard InChI is InChI=1S/C17H28N4O2/c1-20(12-17(13-22)7-2-3-8-17)16-18-9-6-15(19-16)21-10-4-5-14(23)11-21/h6,9,14,22-23H,2-5,7-8,10-13H2,1H3/t14-/m0/s1. The van der Waals surface area contributed by atoms with Crippen molar-refractivity contribution in [3.63, 3.8) is 0 Å². The Morgan fingerprint density at radius 1 is 1.35 bits per heavy atom. The number of rotatable bonds is 5. The van der Waals surface area contributed by atoms with E-state index in [4.69, 9.17) is 0 Å². The number of anilines is 2. The maximum absolute atomic E-state index is 9.85. The van der Waals surface area contributed by atoms with Crippen LogP contribution in [-0.2, 0) is 0 Å². The number of aliphatic hydroxyl groups excluding tert-OH is 2. The molecule has 0 unspecified atom stereocenters. The van der Waals surface area contributed by atoms with Crippen LogP contribution in [0.5, 0.6) is 0 Å². The summed E-state index contributed by atoms with van der Waals surface area (Å²) in [6, 6.07) is 1.91. The van der Waals surface area contributed by atoms with Crippen LogP contribution < -0.4 is 9.80 Å². The molecule has 128 valence electrons. The number of aliphatic hydroxyl groups is 2. The van der Waals surface area contributed by atoms with E-state index >= 15 is 0 Å². The molecule has 0 spiro atoms. The minimum atomic E-state index is -0.268. The van der Waals surface area contributed by atoms with Gasteiger partial charge in [0, 0.05) is 38.3 Å². The summed E-state index contributed by atoms with van der Waals surface area (Å²) in [5, 5.41) is 19.6. The van der Waals surface area contributed by atoms with E-state index in [0.29, 0.717) is 12.5 Å². The molecule has 1 aromatic heterocycles. The van der Waals surface area contributed by atoms with Crippen molar-refractivity contribution in [3.8, 4) is 0 Å². The molecule has 1 aliphatic heterocycles. The number of β-amino-alcohol motifs (C(OH)–C–C–N with tert-alkyl or cyclic N) is 1. The van der Waals surface area contributed by atoms with Crippen molar-refractivity contribution in [3.05, 3.63) is 12.3 Å². The minimum absolute atomic E-state index is 0.00453. The maximum Gasteiger partial charge on any atom is 0.227 e. The van der Waals surface area contributed by atoms with E-state index in [1.807, 2.05) is 13.1 Å². The van der Waals surface area contributed by atoms with Gasteiger partial charge in [0.2, 0.25) is 5.95 Å². The third kappa shape index (κ3) is 3.75. The van der Waals surface area contributed by atoms with Crippen LogP contribution in [0.1, 0.15) is 38.5 Å². The third-order valence-corrected chi connectivity index (χ3v) is 5.26. The van der Waals surface area contributed by atoms with Gasteiger partial charge in [-0.05, 0) is 31.7 Å². The molecule has 0 amide bonds. The zero-order valence-corrected chi connectivity index (χ0v) is 14.0. The van der Waals surface area contributed by atoms with E-state index < -0.39 is 0 Å². The summed E-state index contributed by atoms with van der Waals surface area (Å²) in [5.74, 6) is 1.58. The third-order valence-electron chi connectivity index (χ3n) is 5.26. The molecule has 1 aromatic rings. The normalized spacial score (nSPS) is 24.0. The molecule has 23 heavy (non-hydrogen) atoms. The van der Waals surface area contributed by atoms with Gasteiger partial charge < -0.3 is 20.0 Å². The number of piperidine rings is 1. The first-order valence-electron chi connectivity index (χ1n) is 8.70. The molecule has 0 bridgehead atoms. The van der Waals surface area contributed by atoms with Crippen molar-refractivity contribution in [2.75, 3.05) is 43.1 Å². The van der Waals surface area contributed by atoms with Crippen LogP contribution in [-0.4, -0.2) is 59.6 Å². The lowest BCUT2D eigenvalue weighted by atomic mass is 9.87. The van der Waals surface area contributed by atoms with Crippen molar-refractivity contribution >= 4 is 11.8 Å². The summed E-state index contributed by atoms with van der Waals surface area (Å²) in [7, 11) is 2.00. The van der Waals surface area contributed by atoms with Gasteiger partial charge in [-0.25, -0.2) is 4.98 Å². The molecule has 2 heterocycles. The quantitative estimate of drug-likeness (QED) is 0.855. The molecule has 1 saturated heterocycles. The van der Waals surface area contributed by atoms with Crippen LogP contribution in [0.15, 0.2) is 12.3 Å². The Morgan fingerprint density at radius 3 is 2.83 bits per heavy atom. The summed E-state index contributed by atoms with van der Waals surface area (Å²) in [6.45, 7) is 2.59. The SMILES string of the molecule is CN(CC1(CO)CCCC1)c1nccc(N2CCC[C@H](O)C2)n1. The van der Waals surface area contributed by atoms with Gasteiger partial charge in [0.25, 0.3) is 0 Å². The topological polar surface area (TPSA) is 72.7 Å². The fourth-order valence-electron chi connectivity index (χ4n) is 3.93. The van der Waals surface area contributed by atoms with Gasteiger partial charge in [-0.1, -0.05) is 12.8 Å². The Morgan fingerprint density at radius 2 is 2.13 bits per heavy atom. The largest absolute Gasteiger partial charge is 0.396 e. The molecule has 6 nitrogen and oxygen atoms in total. The van der Waals surface area contributed by atoms with Gasteiger partial charge in [0.15, 0.2) is 0 Å². The number of nitrogens with zero attached hydrogens (tertiary/aromatic N) is 4. The molecule has 2 aliphatic rings. The Balaban J connectivity index is 1.71. The van der Waals surface area contributed by atoms with Gasteiger partial charge in [-0.15, -0.1) is 0 Å². The van der Waals surface area contributed by atoms with Gasteiger partial charge in [0.1, 0.15) is 5.82 Å². The monoisotopic (exact) mass is 320 g/mol. The fourth-order valence-corrected chi connectivity index (χ4v) is 3.93. The van der Waals surface area contributed by atoms with Crippen LogP contribution in [0.4, 0.5) is 11.8 Å². The average Bonchev–Trinajstić information content (AvgIpc) is 3.04. The molecular weight excluding hydrogens is 292 g/mol. The molecular formula is C17H28N4O2. The number of hydrogen-bond donors (Lipinski definition) is 2. The van der Waals surface area contributed by atoms with E-state index in [-0.39, 0.29) is 18.1 Å². The Kier molecular flexibility index (Phi) is 5.02. The smallest absolute Gasteiger partial charge is 0.227 e. The first-order valence-corrected chi connectivity index (χ1v) is 8.70. The van der Waals surface area contributed by atoms with Gasteiger partial charge in [0.05, 0.1) is 12.7 Å². The Labute approximate surface area is 138 Å². The second-order valence-corrected chi connectivity index (χ2v) is 7.18. The molecule has 0 aromatic carbocycles. The molecule has 1 atom stereocenters. The average molecular weight is 320 g/mol. The highest BCUT2D eigenvalue weighted by Gasteiger charge is 2.35. The van der Waals surface area contributed by atoms with Crippen molar-refractivity contribution in [2.24, 2.45) is 5.41 Å². The lowest BCUT2D eigenvalue weighted by molar-refractivity contribution is 0.136. The second kappa shape index (κ2) is 7.01. The van der Waals surface area contributed by atoms with Crippen LogP contribution in [0.25, 0.3) is 0 Å². The van der Waals surface area contributed by atoms with Crippen molar-refractivity contribution < 1.29 is 10.2 Å². The number of aromatic nitrogens is 2.